The fraction of sp³-hybridized carbons (Fsp3) is 0.714. The second-order valence-corrected chi connectivity index (χ2v) is 5.16. The van der Waals surface area contributed by atoms with E-state index in [-0.39, 0.29) is 0 Å². The van der Waals surface area contributed by atoms with Crippen molar-refractivity contribution in [2.75, 3.05) is 32.3 Å². The van der Waals surface area contributed by atoms with E-state index in [1.54, 1.807) is 26.5 Å². The van der Waals surface area contributed by atoms with Gasteiger partial charge in [0.25, 0.3) is 0 Å². The molecule has 1 fully saturated rings. The maximum atomic E-state index is 5.21. The molecule has 1 aromatic rings. The van der Waals surface area contributed by atoms with Crippen molar-refractivity contribution in [1.82, 2.24) is 9.97 Å². The molecular formula is C14H23N3O2. The Morgan fingerprint density at radius 1 is 1.37 bits per heavy atom. The minimum atomic E-state index is 0.511. The Kier molecular flexibility index (Phi) is 4.96. The number of hydrogen-bond donors (Lipinski definition) is 0. The molecule has 1 saturated carbocycles. The van der Waals surface area contributed by atoms with Crippen molar-refractivity contribution in [1.29, 1.82) is 0 Å². The van der Waals surface area contributed by atoms with Crippen LogP contribution in [-0.2, 0) is 4.74 Å². The second kappa shape index (κ2) is 6.70. The van der Waals surface area contributed by atoms with Gasteiger partial charge in [-0.1, -0.05) is 6.92 Å². The number of nitrogens with zero attached hydrogens (tertiary/aromatic N) is 3. The average Bonchev–Trinajstić information content (AvgIpc) is 2.86. The van der Waals surface area contributed by atoms with Crippen LogP contribution in [0.5, 0.6) is 5.88 Å². The van der Waals surface area contributed by atoms with E-state index in [0.717, 1.165) is 18.4 Å². The lowest BCUT2D eigenvalue weighted by molar-refractivity contribution is 0.202. The van der Waals surface area contributed by atoms with E-state index in [0.29, 0.717) is 18.5 Å². The first-order valence-electron chi connectivity index (χ1n) is 6.87. The molecule has 1 aliphatic carbocycles. The fourth-order valence-electron chi connectivity index (χ4n) is 2.68. The van der Waals surface area contributed by atoms with Gasteiger partial charge in [-0.3, -0.25) is 0 Å². The summed E-state index contributed by atoms with van der Waals surface area (Å²) in [5, 5.41) is 0. The van der Waals surface area contributed by atoms with Crippen LogP contribution in [0.25, 0.3) is 0 Å². The highest BCUT2D eigenvalue weighted by Gasteiger charge is 2.28. The Bertz CT molecular complexity index is 400. The number of anilines is 1. The standard InChI is InChI=1S/C14H23N3O2/c1-11-4-5-12(10-11)17(8-9-18-2)14-15-7-6-13(16-14)19-3/h6-7,11-12H,4-5,8-10H2,1-3H3. The van der Waals surface area contributed by atoms with Crippen LogP contribution in [0.2, 0.25) is 0 Å². The first kappa shape index (κ1) is 14.1. The average molecular weight is 265 g/mol. The maximum Gasteiger partial charge on any atom is 0.228 e. The number of aromatic nitrogens is 2. The number of ether oxygens (including phenoxy) is 2. The Morgan fingerprint density at radius 2 is 2.21 bits per heavy atom. The van der Waals surface area contributed by atoms with Gasteiger partial charge in [0, 0.05) is 32.0 Å². The third kappa shape index (κ3) is 3.56. The van der Waals surface area contributed by atoms with Crippen LogP contribution < -0.4 is 9.64 Å². The zero-order valence-electron chi connectivity index (χ0n) is 12.0. The van der Waals surface area contributed by atoms with E-state index < -0.39 is 0 Å². The summed E-state index contributed by atoms with van der Waals surface area (Å²) in [4.78, 5) is 11.1. The SMILES string of the molecule is COCCN(c1nccc(OC)n1)C1CCC(C)C1. The molecule has 2 unspecified atom stereocenters. The van der Waals surface area contributed by atoms with Crippen LogP contribution in [-0.4, -0.2) is 43.4 Å². The van der Waals surface area contributed by atoms with E-state index >= 15 is 0 Å². The molecule has 0 spiro atoms. The lowest BCUT2D eigenvalue weighted by Gasteiger charge is -2.29. The molecule has 5 heteroatoms. The molecule has 0 aromatic carbocycles. The Morgan fingerprint density at radius 3 is 2.84 bits per heavy atom. The molecule has 0 radical (unpaired) electrons. The predicted molar refractivity (Wildman–Crippen MR) is 74.6 cm³/mol. The Balaban J connectivity index is 2.15. The molecule has 1 aromatic heterocycles. The Labute approximate surface area is 115 Å². The summed E-state index contributed by atoms with van der Waals surface area (Å²) in [6, 6.07) is 2.28. The zero-order valence-corrected chi connectivity index (χ0v) is 12.0. The van der Waals surface area contributed by atoms with Crippen LogP contribution in [0, 0.1) is 5.92 Å². The van der Waals surface area contributed by atoms with Crippen LogP contribution in [0.15, 0.2) is 12.3 Å². The summed E-state index contributed by atoms with van der Waals surface area (Å²) in [5.41, 5.74) is 0. The molecule has 2 rings (SSSR count). The van der Waals surface area contributed by atoms with Crippen molar-refractivity contribution in [2.24, 2.45) is 5.92 Å². The minimum Gasteiger partial charge on any atom is -0.481 e. The first-order chi connectivity index (χ1) is 9.24. The number of hydrogen-bond acceptors (Lipinski definition) is 5. The van der Waals surface area contributed by atoms with Crippen molar-refractivity contribution in [3.05, 3.63) is 12.3 Å². The van der Waals surface area contributed by atoms with Gasteiger partial charge in [-0.15, -0.1) is 0 Å². The van der Waals surface area contributed by atoms with Crippen molar-refractivity contribution >= 4 is 5.95 Å². The quantitative estimate of drug-likeness (QED) is 0.788. The molecule has 0 N–H and O–H groups in total. The summed E-state index contributed by atoms with van der Waals surface area (Å²) in [6.07, 6.45) is 5.42. The molecule has 1 heterocycles. The summed E-state index contributed by atoms with van der Waals surface area (Å²) in [5.74, 6) is 2.13. The first-order valence-corrected chi connectivity index (χ1v) is 6.87. The van der Waals surface area contributed by atoms with Crippen LogP contribution in [0.3, 0.4) is 0 Å². The molecule has 0 amide bonds. The third-order valence-electron chi connectivity index (χ3n) is 3.73. The molecule has 2 atom stereocenters. The fourth-order valence-corrected chi connectivity index (χ4v) is 2.68. The third-order valence-corrected chi connectivity index (χ3v) is 3.73. The zero-order chi connectivity index (χ0) is 13.7. The summed E-state index contributed by atoms with van der Waals surface area (Å²) in [7, 11) is 3.35. The van der Waals surface area contributed by atoms with Crippen molar-refractivity contribution in [3.8, 4) is 5.88 Å². The topological polar surface area (TPSA) is 47.5 Å². The molecule has 19 heavy (non-hydrogen) atoms. The van der Waals surface area contributed by atoms with Crippen LogP contribution in [0.4, 0.5) is 5.95 Å². The highest BCUT2D eigenvalue weighted by atomic mass is 16.5. The lowest BCUT2D eigenvalue weighted by atomic mass is 10.1. The molecule has 5 nitrogen and oxygen atoms in total. The van der Waals surface area contributed by atoms with E-state index in [1.807, 2.05) is 0 Å². The van der Waals surface area contributed by atoms with Gasteiger partial charge in [0.2, 0.25) is 11.8 Å². The van der Waals surface area contributed by atoms with E-state index in [4.69, 9.17) is 9.47 Å². The second-order valence-electron chi connectivity index (χ2n) is 5.16. The molecule has 0 bridgehead atoms. The van der Waals surface area contributed by atoms with Crippen LogP contribution in [0.1, 0.15) is 26.2 Å². The predicted octanol–water partition coefficient (Wildman–Crippen LogP) is 2.13. The van der Waals surface area contributed by atoms with Gasteiger partial charge in [0.15, 0.2) is 0 Å². The molecular weight excluding hydrogens is 242 g/mol. The van der Waals surface area contributed by atoms with Gasteiger partial charge in [-0.05, 0) is 25.2 Å². The smallest absolute Gasteiger partial charge is 0.228 e. The summed E-state index contributed by atoms with van der Waals surface area (Å²) < 4.78 is 10.4. The number of rotatable bonds is 6. The Hall–Kier alpha value is -1.36. The van der Waals surface area contributed by atoms with Crippen molar-refractivity contribution in [3.63, 3.8) is 0 Å². The van der Waals surface area contributed by atoms with E-state index in [9.17, 15) is 0 Å². The highest BCUT2D eigenvalue weighted by molar-refractivity contribution is 5.34. The highest BCUT2D eigenvalue weighted by Crippen LogP contribution is 2.30. The van der Waals surface area contributed by atoms with E-state index in [2.05, 4.69) is 21.8 Å². The van der Waals surface area contributed by atoms with E-state index in [1.165, 1.54) is 19.3 Å². The molecule has 0 aliphatic heterocycles. The normalized spacial score (nSPS) is 22.5. The van der Waals surface area contributed by atoms with Crippen LogP contribution >= 0.6 is 0 Å². The van der Waals surface area contributed by atoms with Gasteiger partial charge >= 0.3 is 0 Å². The van der Waals surface area contributed by atoms with Crippen molar-refractivity contribution < 1.29 is 9.47 Å². The van der Waals surface area contributed by atoms with Gasteiger partial charge in [0.05, 0.1) is 13.7 Å². The summed E-state index contributed by atoms with van der Waals surface area (Å²) >= 11 is 0. The summed E-state index contributed by atoms with van der Waals surface area (Å²) in [6.45, 7) is 3.81. The van der Waals surface area contributed by atoms with Gasteiger partial charge in [0.1, 0.15) is 0 Å². The van der Waals surface area contributed by atoms with Gasteiger partial charge < -0.3 is 14.4 Å². The number of methoxy groups -OCH3 is 2. The molecule has 1 aliphatic rings. The maximum absolute atomic E-state index is 5.21. The largest absolute Gasteiger partial charge is 0.481 e. The lowest BCUT2D eigenvalue weighted by Crippen LogP contribution is -2.37. The van der Waals surface area contributed by atoms with Crippen molar-refractivity contribution in [2.45, 2.75) is 32.2 Å². The monoisotopic (exact) mass is 265 g/mol. The molecule has 106 valence electrons. The molecule has 0 saturated heterocycles. The van der Waals surface area contributed by atoms with Gasteiger partial charge in [-0.2, -0.15) is 4.98 Å². The van der Waals surface area contributed by atoms with Gasteiger partial charge in [-0.25, -0.2) is 4.98 Å². The minimum absolute atomic E-state index is 0.511.